The first-order chi connectivity index (χ1) is 11.7. The third-order valence-electron chi connectivity index (χ3n) is 4.81. The van der Waals surface area contributed by atoms with Crippen LogP contribution in [0.25, 0.3) is 0 Å². The Morgan fingerprint density at radius 2 is 2.25 bits per heavy atom. The van der Waals surface area contributed by atoms with Crippen LogP contribution in [0.5, 0.6) is 5.88 Å². The molecule has 1 atom stereocenters. The number of ether oxygens (including phenoxy) is 1. The average molecular weight is 328 g/mol. The average Bonchev–Trinajstić information content (AvgIpc) is 3.32. The van der Waals surface area contributed by atoms with Crippen molar-refractivity contribution in [3.63, 3.8) is 0 Å². The van der Waals surface area contributed by atoms with E-state index in [9.17, 15) is 4.79 Å². The molecular formula is C17H20N4O3. The second-order valence-corrected chi connectivity index (χ2v) is 6.42. The second kappa shape index (κ2) is 5.89. The lowest BCUT2D eigenvalue weighted by Gasteiger charge is -2.18. The van der Waals surface area contributed by atoms with Gasteiger partial charge in [0.1, 0.15) is 5.56 Å². The van der Waals surface area contributed by atoms with Crippen LogP contribution in [-0.4, -0.2) is 46.1 Å². The summed E-state index contributed by atoms with van der Waals surface area (Å²) in [6.45, 7) is 3.05. The Kier molecular flexibility index (Phi) is 3.70. The van der Waals surface area contributed by atoms with Crippen LogP contribution in [0.15, 0.2) is 10.6 Å². The Morgan fingerprint density at radius 1 is 1.38 bits per heavy atom. The molecule has 0 saturated carbocycles. The number of fused-ring (bicyclic) bond motifs is 1. The fourth-order valence-electron chi connectivity index (χ4n) is 3.56. The molecule has 4 rings (SSSR count). The Labute approximate surface area is 140 Å². The van der Waals surface area contributed by atoms with E-state index in [1.54, 1.807) is 14.0 Å². The monoisotopic (exact) mass is 328 g/mol. The fraction of sp³-hybridized carbons (Fsp3) is 0.529. The highest BCUT2D eigenvalue weighted by atomic mass is 16.5. The zero-order chi connectivity index (χ0) is 16.7. The molecule has 0 radical (unpaired) electrons. The van der Waals surface area contributed by atoms with Crippen molar-refractivity contribution in [2.75, 3.05) is 20.2 Å². The molecule has 2 aliphatic rings. The van der Waals surface area contributed by atoms with Crippen molar-refractivity contribution in [1.82, 2.24) is 20.0 Å². The third-order valence-corrected chi connectivity index (χ3v) is 4.81. The summed E-state index contributed by atoms with van der Waals surface area (Å²) in [5.41, 5.74) is 2.78. The topological polar surface area (TPSA) is 81.4 Å². The van der Waals surface area contributed by atoms with Crippen LogP contribution in [0, 0.1) is 6.92 Å². The van der Waals surface area contributed by atoms with Crippen LogP contribution >= 0.6 is 0 Å². The fourth-order valence-corrected chi connectivity index (χ4v) is 3.56. The van der Waals surface area contributed by atoms with Crippen LogP contribution in [0.3, 0.4) is 0 Å². The standard InChI is InChI=1S/C17H20N4O3/c1-10-18-15(24-20-10)12-6-7-21(9-12)17(22)13-8-11-4-3-5-14(11)19-16(13)23-2/h8,12H,3-7,9H2,1-2H3/t12-/m1/s1. The van der Waals surface area contributed by atoms with Gasteiger partial charge in [-0.15, -0.1) is 0 Å². The van der Waals surface area contributed by atoms with Gasteiger partial charge in [-0.2, -0.15) is 4.98 Å². The zero-order valence-corrected chi connectivity index (χ0v) is 13.9. The summed E-state index contributed by atoms with van der Waals surface area (Å²) in [7, 11) is 1.56. The van der Waals surface area contributed by atoms with Gasteiger partial charge in [-0.3, -0.25) is 4.79 Å². The molecule has 126 valence electrons. The minimum absolute atomic E-state index is 0.0345. The molecule has 1 amide bonds. The van der Waals surface area contributed by atoms with Gasteiger partial charge in [0, 0.05) is 18.8 Å². The molecule has 0 unspecified atom stereocenters. The predicted molar refractivity (Wildman–Crippen MR) is 85.1 cm³/mol. The maximum Gasteiger partial charge on any atom is 0.259 e. The van der Waals surface area contributed by atoms with Crippen molar-refractivity contribution < 1.29 is 14.1 Å². The molecule has 1 aliphatic heterocycles. The largest absolute Gasteiger partial charge is 0.480 e. The lowest BCUT2D eigenvalue weighted by molar-refractivity contribution is 0.0785. The number of aromatic nitrogens is 3. The number of rotatable bonds is 3. The maximum absolute atomic E-state index is 12.9. The van der Waals surface area contributed by atoms with Gasteiger partial charge in [0.15, 0.2) is 5.82 Å². The molecule has 0 N–H and O–H groups in total. The normalized spacial score (nSPS) is 19.6. The Balaban J connectivity index is 1.56. The van der Waals surface area contributed by atoms with E-state index in [1.807, 2.05) is 11.0 Å². The summed E-state index contributed by atoms with van der Waals surface area (Å²) < 4.78 is 10.6. The molecule has 2 aromatic rings. The first-order valence-corrected chi connectivity index (χ1v) is 8.32. The van der Waals surface area contributed by atoms with Gasteiger partial charge in [-0.25, -0.2) is 4.98 Å². The first kappa shape index (κ1) is 15.1. The molecule has 0 aromatic carbocycles. The summed E-state index contributed by atoms with van der Waals surface area (Å²) in [5, 5.41) is 3.84. The number of aryl methyl sites for hydroxylation is 3. The molecule has 7 nitrogen and oxygen atoms in total. The number of hydrogen-bond donors (Lipinski definition) is 0. The molecule has 24 heavy (non-hydrogen) atoms. The Hall–Kier alpha value is -2.44. The van der Waals surface area contributed by atoms with Crippen molar-refractivity contribution in [2.45, 2.75) is 38.5 Å². The maximum atomic E-state index is 12.9. The van der Waals surface area contributed by atoms with Crippen molar-refractivity contribution in [2.24, 2.45) is 0 Å². The van der Waals surface area contributed by atoms with Crippen LogP contribution in [0.4, 0.5) is 0 Å². The van der Waals surface area contributed by atoms with E-state index in [0.29, 0.717) is 36.2 Å². The van der Waals surface area contributed by atoms with Gasteiger partial charge in [0.05, 0.1) is 13.0 Å². The third kappa shape index (κ3) is 2.53. The first-order valence-electron chi connectivity index (χ1n) is 8.32. The number of likely N-dealkylation sites (tertiary alicyclic amines) is 1. The summed E-state index contributed by atoms with van der Waals surface area (Å²) in [4.78, 5) is 23.6. The highest BCUT2D eigenvalue weighted by Gasteiger charge is 2.33. The minimum Gasteiger partial charge on any atom is -0.480 e. The minimum atomic E-state index is -0.0345. The number of carbonyl (C=O) groups is 1. The lowest BCUT2D eigenvalue weighted by Crippen LogP contribution is -2.29. The number of carbonyl (C=O) groups excluding carboxylic acids is 1. The van der Waals surface area contributed by atoms with Crippen LogP contribution in [-0.2, 0) is 12.8 Å². The summed E-state index contributed by atoms with van der Waals surface area (Å²) in [6, 6.07) is 1.96. The molecule has 0 spiro atoms. The van der Waals surface area contributed by atoms with E-state index in [-0.39, 0.29) is 11.8 Å². The molecule has 1 fully saturated rings. The van der Waals surface area contributed by atoms with Crippen molar-refractivity contribution in [3.8, 4) is 5.88 Å². The van der Waals surface area contributed by atoms with Crippen molar-refractivity contribution in [3.05, 3.63) is 34.6 Å². The lowest BCUT2D eigenvalue weighted by atomic mass is 10.1. The van der Waals surface area contributed by atoms with Gasteiger partial charge in [0.2, 0.25) is 11.8 Å². The molecule has 2 aromatic heterocycles. The smallest absolute Gasteiger partial charge is 0.259 e. The Bertz CT molecular complexity index is 786. The number of methoxy groups -OCH3 is 1. The number of hydrogen-bond acceptors (Lipinski definition) is 6. The SMILES string of the molecule is COc1nc2c(cc1C(=O)N1CC[C@@H](c3nc(C)no3)C1)CCC2. The van der Waals surface area contributed by atoms with Crippen LogP contribution in [0.2, 0.25) is 0 Å². The number of pyridine rings is 1. The zero-order valence-electron chi connectivity index (χ0n) is 13.9. The summed E-state index contributed by atoms with van der Waals surface area (Å²) >= 11 is 0. The Morgan fingerprint density at radius 3 is 3.00 bits per heavy atom. The van der Waals surface area contributed by atoms with Gasteiger partial charge in [0.25, 0.3) is 5.91 Å². The molecule has 1 saturated heterocycles. The van der Waals surface area contributed by atoms with Crippen LogP contribution in [0.1, 0.15) is 52.1 Å². The van der Waals surface area contributed by atoms with Crippen molar-refractivity contribution >= 4 is 5.91 Å². The molecule has 7 heteroatoms. The van der Waals surface area contributed by atoms with Crippen molar-refractivity contribution in [1.29, 1.82) is 0 Å². The van der Waals surface area contributed by atoms with E-state index in [0.717, 1.165) is 31.4 Å². The second-order valence-electron chi connectivity index (χ2n) is 6.42. The molecule has 0 bridgehead atoms. The summed E-state index contributed by atoms with van der Waals surface area (Å²) in [6.07, 6.45) is 3.86. The molecule has 3 heterocycles. The van der Waals surface area contributed by atoms with E-state index in [1.165, 1.54) is 5.56 Å². The van der Waals surface area contributed by atoms with Gasteiger partial charge >= 0.3 is 0 Å². The van der Waals surface area contributed by atoms with E-state index >= 15 is 0 Å². The molecular weight excluding hydrogens is 308 g/mol. The van der Waals surface area contributed by atoms with Gasteiger partial charge < -0.3 is 14.2 Å². The van der Waals surface area contributed by atoms with Gasteiger partial charge in [-0.05, 0) is 44.2 Å². The molecule has 1 aliphatic carbocycles. The highest BCUT2D eigenvalue weighted by Crippen LogP contribution is 2.31. The van der Waals surface area contributed by atoms with Crippen LogP contribution < -0.4 is 4.74 Å². The van der Waals surface area contributed by atoms with E-state index in [2.05, 4.69) is 15.1 Å². The van der Waals surface area contributed by atoms with Gasteiger partial charge in [-0.1, -0.05) is 5.16 Å². The number of nitrogens with zero attached hydrogens (tertiary/aromatic N) is 4. The highest BCUT2D eigenvalue weighted by molar-refractivity contribution is 5.97. The predicted octanol–water partition coefficient (Wildman–Crippen LogP) is 1.90. The number of amides is 1. The van der Waals surface area contributed by atoms with E-state index in [4.69, 9.17) is 9.26 Å². The van der Waals surface area contributed by atoms with E-state index < -0.39 is 0 Å². The quantitative estimate of drug-likeness (QED) is 0.856. The summed E-state index contributed by atoms with van der Waals surface area (Å²) in [5.74, 6) is 1.73.